The molecule has 24 heavy (non-hydrogen) atoms. The van der Waals surface area contributed by atoms with Crippen LogP contribution in [0, 0.1) is 6.92 Å². The molecule has 1 N–H and O–H groups in total. The maximum Gasteiger partial charge on any atom is 0.223 e. The minimum atomic E-state index is -0.254. The molecule has 0 aliphatic carbocycles. The predicted molar refractivity (Wildman–Crippen MR) is 95.9 cm³/mol. The molecule has 1 saturated heterocycles. The Balaban J connectivity index is 1.83. The molecule has 2 aromatic carbocycles. The minimum absolute atomic E-state index is 0.0757. The molecule has 2 aromatic rings. The maximum atomic E-state index is 12.8. The lowest BCUT2D eigenvalue weighted by molar-refractivity contribution is -0.133. The van der Waals surface area contributed by atoms with E-state index in [1.54, 1.807) is 0 Å². The van der Waals surface area contributed by atoms with E-state index in [9.17, 15) is 9.90 Å². The summed E-state index contributed by atoms with van der Waals surface area (Å²) in [6.45, 7) is 3.43. The van der Waals surface area contributed by atoms with Gasteiger partial charge in [-0.1, -0.05) is 54.6 Å². The Kier molecular flexibility index (Phi) is 5.31. The summed E-state index contributed by atoms with van der Waals surface area (Å²) in [7, 11) is 0. The number of piperidine rings is 1. The van der Waals surface area contributed by atoms with Crippen LogP contribution in [0.25, 0.3) is 0 Å². The van der Waals surface area contributed by atoms with Crippen molar-refractivity contribution in [2.24, 2.45) is 0 Å². The summed E-state index contributed by atoms with van der Waals surface area (Å²) in [6.07, 6.45) is 1.60. The summed E-state index contributed by atoms with van der Waals surface area (Å²) in [6, 6.07) is 18.6. The molecule has 0 aromatic heterocycles. The van der Waals surface area contributed by atoms with Crippen LogP contribution in [0.15, 0.2) is 54.6 Å². The summed E-state index contributed by atoms with van der Waals surface area (Å²) < 4.78 is 0. The Morgan fingerprint density at radius 1 is 1.08 bits per heavy atom. The molecular formula is C21H25NO2. The summed E-state index contributed by atoms with van der Waals surface area (Å²) >= 11 is 0. The van der Waals surface area contributed by atoms with Gasteiger partial charge in [0.25, 0.3) is 0 Å². The zero-order chi connectivity index (χ0) is 16.9. The van der Waals surface area contributed by atoms with Crippen molar-refractivity contribution in [2.75, 3.05) is 13.1 Å². The van der Waals surface area contributed by atoms with Crippen molar-refractivity contribution in [1.29, 1.82) is 0 Å². The molecule has 3 heteroatoms. The van der Waals surface area contributed by atoms with E-state index in [4.69, 9.17) is 0 Å². The van der Waals surface area contributed by atoms with Gasteiger partial charge in [-0.05, 0) is 36.5 Å². The fourth-order valence-electron chi connectivity index (χ4n) is 3.49. The number of carbonyl (C=O) groups is 1. The quantitative estimate of drug-likeness (QED) is 0.935. The van der Waals surface area contributed by atoms with Gasteiger partial charge in [0, 0.05) is 25.4 Å². The number of benzene rings is 2. The number of rotatable bonds is 4. The van der Waals surface area contributed by atoms with Crippen molar-refractivity contribution in [3.05, 3.63) is 71.3 Å². The SMILES string of the molecule is Cc1ccccc1C(CC(=O)N1CCC(O)CC1)c1ccccc1. The van der Waals surface area contributed by atoms with Crippen molar-refractivity contribution in [2.45, 2.75) is 38.2 Å². The maximum absolute atomic E-state index is 12.8. The number of amides is 1. The highest BCUT2D eigenvalue weighted by atomic mass is 16.3. The molecule has 1 unspecified atom stereocenters. The van der Waals surface area contributed by atoms with Crippen molar-refractivity contribution in [1.82, 2.24) is 4.90 Å². The molecule has 0 bridgehead atoms. The molecule has 3 nitrogen and oxygen atoms in total. The summed E-state index contributed by atoms with van der Waals surface area (Å²) in [4.78, 5) is 14.7. The number of aryl methyl sites for hydroxylation is 1. The Bertz CT molecular complexity index is 675. The molecule has 0 spiro atoms. The van der Waals surface area contributed by atoms with Crippen LogP contribution in [-0.4, -0.2) is 35.1 Å². The van der Waals surface area contributed by atoms with Crippen LogP contribution in [0.2, 0.25) is 0 Å². The molecule has 1 fully saturated rings. The van der Waals surface area contributed by atoms with Crippen LogP contribution in [0.4, 0.5) is 0 Å². The van der Waals surface area contributed by atoms with Gasteiger partial charge >= 0.3 is 0 Å². The number of aliphatic hydroxyl groups excluding tert-OH is 1. The Hall–Kier alpha value is -2.13. The first-order valence-electron chi connectivity index (χ1n) is 8.71. The van der Waals surface area contributed by atoms with Crippen molar-refractivity contribution >= 4 is 5.91 Å². The highest BCUT2D eigenvalue weighted by Gasteiger charge is 2.25. The largest absolute Gasteiger partial charge is 0.393 e. The molecule has 1 heterocycles. The van der Waals surface area contributed by atoms with Gasteiger partial charge in [0.05, 0.1) is 6.10 Å². The number of likely N-dealkylation sites (tertiary alicyclic amines) is 1. The van der Waals surface area contributed by atoms with Gasteiger partial charge in [0.1, 0.15) is 0 Å². The van der Waals surface area contributed by atoms with Gasteiger partial charge in [-0.3, -0.25) is 4.79 Å². The fraction of sp³-hybridized carbons (Fsp3) is 0.381. The first kappa shape index (κ1) is 16.7. The topological polar surface area (TPSA) is 40.5 Å². The van der Waals surface area contributed by atoms with E-state index < -0.39 is 0 Å². The normalized spacial score (nSPS) is 16.8. The second-order valence-electron chi connectivity index (χ2n) is 6.64. The summed E-state index contributed by atoms with van der Waals surface area (Å²) in [5, 5.41) is 9.65. The van der Waals surface area contributed by atoms with Crippen LogP contribution >= 0.6 is 0 Å². The van der Waals surface area contributed by atoms with Gasteiger partial charge in [0.2, 0.25) is 5.91 Å². The van der Waals surface area contributed by atoms with E-state index in [0.29, 0.717) is 32.4 Å². The Morgan fingerprint density at radius 2 is 1.71 bits per heavy atom. The number of hydrogen-bond donors (Lipinski definition) is 1. The molecule has 126 valence electrons. The Morgan fingerprint density at radius 3 is 2.38 bits per heavy atom. The first-order valence-corrected chi connectivity index (χ1v) is 8.71. The Labute approximate surface area is 143 Å². The number of carbonyl (C=O) groups excluding carboxylic acids is 1. The zero-order valence-electron chi connectivity index (χ0n) is 14.2. The molecule has 0 saturated carbocycles. The van der Waals surface area contributed by atoms with Crippen LogP contribution in [0.3, 0.4) is 0 Å². The third-order valence-corrected chi connectivity index (χ3v) is 4.96. The van der Waals surface area contributed by atoms with Crippen molar-refractivity contribution in [3.8, 4) is 0 Å². The van der Waals surface area contributed by atoms with Crippen LogP contribution in [0.5, 0.6) is 0 Å². The first-order chi connectivity index (χ1) is 11.6. The molecule has 1 aliphatic heterocycles. The number of aliphatic hydroxyl groups is 1. The van der Waals surface area contributed by atoms with Gasteiger partial charge in [-0.25, -0.2) is 0 Å². The molecule has 1 atom stereocenters. The summed E-state index contributed by atoms with van der Waals surface area (Å²) in [5.74, 6) is 0.255. The molecular weight excluding hydrogens is 298 g/mol. The smallest absolute Gasteiger partial charge is 0.223 e. The average molecular weight is 323 g/mol. The number of hydrogen-bond acceptors (Lipinski definition) is 2. The second kappa shape index (κ2) is 7.63. The monoisotopic (exact) mass is 323 g/mol. The van der Waals surface area contributed by atoms with E-state index in [1.165, 1.54) is 16.7 Å². The van der Waals surface area contributed by atoms with E-state index in [-0.39, 0.29) is 17.9 Å². The van der Waals surface area contributed by atoms with E-state index in [0.717, 1.165) is 0 Å². The van der Waals surface area contributed by atoms with Crippen molar-refractivity contribution in [3.63, 3.8) is 0 Å². The van der Waals surface area contributed by atoms with E-state index in [1.807, 2.05) is 35.2 Å². The van der Waals surface area contributed by atoms with Crippen LogP contribution in [-0.2, 0) is 4.79 Å². The van der Waals surface area contributed by atoms with Crippen LogP contribution < -0.4 is 0 Å². The lowest BCUT2D eigenvalue weighted by Crippen LogP contribution is -2.40. The van der Waals surface area contributed by atoms with E-state index >= 15 is 0 Å². The molecule has 1 amide bonds. The summed E-state index contributed by atoms with van der Waals surface area (Å²) in [5.41, 5.74) is 3.61. The zero-order valence-corrected chi connectivity index (χ0v) is 14.2. The van der Waals surface area contributed by atoms with Crippen molar-refractivity contribution < 1.29 is 9.90 Å². The van der Waals surface area contributed by atoms with Crippen LogP contribution in [0.1, 0.15) is 41.9 Å². The van der Waals surface area contributed by atoms with Gasteiger partial charge < -0.3 is 10.0 Å². The molecule has 0 radical (unpaired) electrons. The third-order valence-electron chi connectivity index (χ3n) is 4.96. The molecule has 3 rings (SSSR count). The van der Waals surface area contributed by atoms with Gasteiger partial charge in [-0.2, -0.15) is 0 Å². The minimum Gasteiger partial charge on any atom is -0.393 e. The van der Waals surface area contributed by atoms with Gasteiger partial charge in [-0.15, -0.1) is 0 Å². The van der Waals surface area contributed by atoms with Gasteiger partial charge in [0.15, 0.2) is 0 Å². The number of nitrogens with zero attached hydrogens (tertiary/aromatic N) is 1. The standard InChI is InChI=1S/C21H25NO2/c1-16-7-5-6-10-19(16)20(17-8-3-2-4-9-17)15-21(24)22-13-11-18(23)12-14-22/h2-10,18,20,23H,11-15H2,1H3. The second-order valence-corrected chi connectivity index (χ2v) is 6.64. The predicted octanol–water partition coefficient (Wildman–Crippen LogP) is 3.50. The highest BCUT2D eigenvalue weighted by molar-refractivity contribution is 5.78. The lowest BCUT2D eigenvalue weighted by Gasteiger charge is -2.31. The highest BCUT2D eigenvalue weighted by Crippen LogP contribution is 2.31. The molecule has 1 aliphatic rings. The lowest BCUT2D eigenvalue weighted by atomic mass is 9.85. The fourth-order valence-corrected chi connectivity index (χ4v) is 3.49. The third kappa shape index (κ3) is 3.85. The average Bonchev–Trinajstić information content (AvgIpc) is 2.61. The van der Waals surface area contributed by atoms with E-state index in [2.05, 4.69) is 31.2 Å².